The summed E-state index contributed by atoms with van der Waals surface area (Å²) < 4.78 is 0. The van der Waals surface area contributed by atoms with Crippen molar-refractivity contribution in [2.24, 2.45) is 5.92 Å². The highest BCUT2D eigenvalue weighted by molar-refractivity contribution is 4.59. The standard InChI is InChI=1S/C22H44/c1-2-22-20-18-16-14-12-10-8-6-4-3-5-7-9-11-13-15-17-19-21-22/h22H,2-21H2,1H3. The Morgan fingerprint density at radius 2 is 0.636 bits per heavy atom. The molecule has 0 aromatic carbocycles. The summed E-state index contributed by atoms with van der Waals surface area (Å²) in [6, 6.07) is 0. The van der Waals surface area contributed by atoms with Crippen LogP contribution in [0.15, 0.2) is 0 Å². The Morgan fingerprint density at radius 1 is 0.409 bits per heavy atom. The Morgan fingerprint density at radius 3 is 0.864 bits per heavy atom. The Bertz CT molecular complexity index is 188. The van der Waals surface area contributed by atoms with Crippen molar-refractivity contribution in [3.8, 4) is 0 Å². The van der Waals surface area contributed by atoms with Crippen LogP contribution in [0, 0.1) is 5.92 Å². The van der Waals surface area contributed by atoms with Crippen LogP contribution in [0.5, 0.6) is 0 Å². The molecule has 0 unspecified atom stereocenters. The molecule has 0 atom stereocenters. The maximum Gasteiger partial charge on any atom is -0.0417 e. The van der Waals surface area contributed by atoms with Gasteiger partial charge in [-0.3, -0.25) is 0 Å². The zero-order chi connectivity index (χ0) is 15.7. The molecule has 0 heterocycles. The molecule has 0 saturated heterocycles. The van der Waals surface area contributed by atoms with Gasteiger partial charge in [0, 0.05) is 0 Å². The second kappa shape index (κ2) is 15.9. The second-order valence-electron chi connectivity index (χ2n) is 7.86. The summed E-state index contributed by atoms with van der Waals surface area (Å²) in [4.78, 5) is 0. The van der Waals surface area contributed by atoms with E-state index in [-0.39, 0.29) is 0 Å². The smallest absolute Gasteiger partial charge is 0.0417 e. The monoisotopic (exact) mass is 308 g/mol. The molecule has 0 N–H and O–H groups in total. The Kier molecular flexibility index (Phi) is 14.5. The van der Waals surface area contributed by atoms with Gasteiger partial charge < -0.3 is 0 Å². The third kappa shape index (κ3) is 12.5. The molecule has 0 aromatic heterocycles. The maximum absolute atomic E-state index is 2.41. The van der Waals surface area contributed by atoms with Gasteiger partial charge >= 0.3 is 0 Å². The van der Waals surface area contributed by atoms with Gasteiger partial charge in [-0.2, -0.15) is 0 Å². The summed E-state index contributed by atoms with van der Waals surface area (Å²) in [6.07, 6.45) is 29.9. The van der Waals surface area contributed by atoms with Crippen LogP contribution >= 0.6 is 0 Å². The van der Waals surface area contributed by atoms with E-state index in [1.165, 1.54) is 128 Å². The predicted octanol–water partition coefficient (Wildman–Crippen LogP) is 8.44. The second-order valence-corrected chi connectivity index (χ2v) is 7.86. The summed E-state index contributed by atoms with van der Waals surface area (Å²) in [5.41, 5.74) is 0. The van der Waals surface area contributed by atoms with Gasteiger partial charge in [-0.1, -0.05) is 135 Å². The Hall–Kier alpha value is 0. The van der Waals surface area contributed by atoms with E-state index in [1.54, 1.807) is 0 Å². The van der Waals surface area contributed by atoms with Crippen molar-refractivity contribution < 1.29 is 0 Å². The van der Waals surface area contributed by atoms with Crippen molar-refractivity contribution >= 4 is 0 Å². The van der Waals surface area contributed by atoms with Crippen molar-refractivity contribution in [3.05, 3.63) is 0 Å². The van der Waals surface area contributed by atoms with Gasteiger partial charge in [-0.05, 0) is 5.92 Å². The first kappa shape index (κ1) is 20.0. The van der Waals surface area contributed by atoms with E-state index >= 15 is 0 Å². The number of hydrogen-bond acceptors (Lipinski definition) is 0. The molecular formula is C22H44. The molecule has 0 aliphatic heterocycles. The fourth-order valence-corrected chi connectivity index (χ4v) is 4.07. The van der Waals surface area contributed by atoms with Crippen molar-refractivity contribution in [1.82, 2.24) is 0 Å². The van der Waals surface area contributed by atoms with E-state index in [2.05, 4.69) is 6.92 Å². The summed E-state index contributed by atoms with van der Waals surface area (Å²) in [5.74, 6) is 1.03. The molecule has 1 saturated carbocycles. The highest BCUT2D eigenvalue weighted by atomic mass is 14.1. The third-order valence-electron chi connectivity index (χ3n) is 5.80. The quantitative estimate of drug-likeness (QED) is 0.456. The van der Waals surface area contributed by atoms with Crippen LogP contribution < -0.4 is 0 Å². The number of hydrogen-bond donors (Lipinski definition) is 0. The molecule has 0 spiro atoms. The molecule has 1 fully saturated rings. The topological polar surface area (TPSA) is 0 Å². The van der Waals surface area contributed by atoms with E-state index < -0.39 is 0 Å². The Balaban J connectivity index is 2.13. The van der Waals surface area contributed by atoms with E-state index in [0.717, 1.165) is 5.92 Å². The zero-order valence-electron chi connectivity index (χ0n) is 15.7. The lowest BCUT2D eigenvalue weighted by molar-refractivity contribution is 0.391. The van der Waals surface area contributed by atoms with Crippen LogP contribution in [0.1, 0.15) is 135 Å². The normalized spacial score (nSPS) is 23.9. The maximum atomic E-state index is 2.41. The first-order chi connectivity index (χ1) is 10.9. The minimum atomic E-state index is 1.03. The van der Waals surface area contributed by atoms with E-state index in [1.807, 2.05) is 0 Å². The predicted molar refractivity (Wildman–Crippen MR) is 102 cm³/mol. The van der Waals surface area contributed by atoms with Gasteiger partial charge in [0.05, 0.1) is 0 Å². The molecule has 0 radical (unpaired) electrons. The fourth-order valence-electron chi connectivity index (χ4n) is 4.07. The van der Waals surface area contributed by atoms with Crippen LogP contribution in [0.4, 0.5) is 0 Å². The molecule has 0 bridgehead atoms. The van der Waals surface area contributed by atoms with E-state index in [9.17, 15) is 0 Å². The lowest BCUT2D eigenvalue weighted by Gasteiger charge is -2.14. The minimum absolute atomic E-state index is 1.03. The fraction of sp³-hybridized carbons (Fsp3) is 1.00. The molecule has 0 heteroatoms. The lowest BCUT2D eigenvalue weighted by Crippen LogP contribution is -1.99. The van der Waals surface area contributed by atoms with Crippen LogP contribution in [0.3, 0.4) is 0 Å². The van der Waals surface area contributed by atoms with Crippen molar-refractivity contribution in [1.29, 1.82) is 0 Å². The highest BCUT2D eigenvalue weighted by Gasteiger charge is 2.06. The molecular weight excluding hydrogens is 264 g/mol. The average Bonchev–Trinajstić information content (AvgIpc) is 2.54. The van der Waals surface area contributed by atoms with Gasteiger partial charge in [0.1, 0.15) is 0 Å². The molecule has 1 aliphatic rings. The molecule has 22 heavy (non-hydrogen) atoms. The zero-order valence-corrected chi connectivity index (χ0v) is 15.7. The van der Waals surface area contributed by atoms with Gasteiger partial charge in [0.25, 0.3) is 0 Å². The van der Waals surface area contributed by atoms with Crippen LogP contribution in [0.2, 0.25) is 0 Å². The van der Waals surface area contributed by atoms with Crippen molar-refractivity contribution in [3.63, 3.8) is 0 Å². The highest BCUT2D eigenvalue weighted by Crippen LogP contribution is 2.22. The van der Waals surface area contributed by atoms with Gasteiger partial charge in [0.2, 0.25) is 0 Å². The lowest BCUT2D eigenvalue weighted by atomic mass is 9.92. The summed E-state index contributed by atoms with van der Waals surface area (Å²) in [5, 5.41) is 0. The minimum Gasteiger partial charge on any atom is -0.0651 e. The Labute approximate surface area is 141 Å². The van der Waals surface area contributed by atoms with Crippen molar-refractivity contribution in [2.45, 2.75) is 135 Å². The van der Waals surface area contributed by atoms with Gasteiger partial charge in [0.15, 0.2) is 0 Å². The molecule has 0 nitrogen and oxygen atoms in total. The SMILES string of the molecule is CCC1CCCCCCCCCCCCCCCCCCC1. The summed E-state index contributed by atoms with van der Waals surface area (Å²) in [7, 11) is 0. The van der Waals surface area contributed by atoms with Crippen LogP contribution in [-0.4, -0.2) is 0 Å². The van der Waals surface area contributed by atoms with Crippen LogP contribution in [-0.2, 0) is 0 Å². The number of rotatable bonds is 1. The first-order valence-electron chi connectivity index (χ1n) is 10.9. The largest absolute Gasteiger partial charge is 0.0651 e. The summed E-state index contributed by atoms with van der Waals surface area (Å²) in [6.45, 7) is 2.41. The van der Waals surface area contributed by atoms with E-state index in [0.29, 0.717) is 0 Å². The molecule has 0 aromatic rings. The summed E-state index contributed by atoms with van der Waals surface area (Å²) >= 11 is 0. The first-order valence-corrected chi connectivity index (χ1v) is 10.9. The van der Waals surface area contributed by atoms with Gasteiger partial charge in [-0.15, -0.1) is 0 Å². The van der Waals surface area contributed by atoms with Gasteiger partial charge in [-0.25, -0.2) is 0 Å². The third-order valence-corrected chi connectivity index (χ3v) is 5.80. The molecule has 0 amide bonds. The average molecular weight is 309 g/mol. The van der Waals surface area contributed by atoms with Crippen LogP contribution in [0.25, 0.3) is 0 Å². The van der Waals surface area contributed by atoms with Crippen molar-refractivity contribution in [2.75, 3.05) is 0 Å². The molecule has 1 rings (SSSR count). The molecule has 132 valence electrons. The molecule has 1 aliphatic carbocycles. The van der Waals surface area contributed by atoms with E-state index in [4.69, 9.17) is 0 Å².